The van der Waals surface area contributed by atoms with E-state index in [4.69, 9.17) is 4.52 Å². The molecular formula is C11H11N2O. The largest absolute Gasteiger partial charge is 0.357 e. The highest BCUT2D eigenvalue weighted by Crippen LogP contribution is 2.21. The summed E-state index contributed by atoms with van der Waals surface area (Å²) in [7, 11) is 1.79. The van der Waals surface area contributed by atoms with E-state index in [9.17, 15) is 0 Å². The zero-order valence-electron chi connectivity index (χ0n) is 7.95. The van der Waals surface area contributed by atoms with Crippen molar-refractivity contribution in [2.75, 3.05) is 12.4 Å². The molecule has 0 fully saturated rings. The molecule has 0 spiro atoms. The number of aromatic nitrogens is 1. The Kier molecular flexibility index (Phi) is 2.23. The molecule has 1 radical (unpaired) electrons. The van der Waals surface area contributed by atoms with Gasteiger partial charge in [-0.25, -0.2) is 0 Å². The van der Waals surface area contributed by atoms with Gasteiger partial charge in [0.05, 0.1) is 0 Å². The minimum atomic E-state index is 0.662. The standard InChI is InChI=1S/C11H11N2O/c1-8-4-3-5-9(6-8)10-7-11(12-2)14-13-10/h3-7,12H,1H2,2H3. The molecule has 0 amide bonds. The van der Waals surface area contributed by atoms with Gasteiger partial charge in [-0.05, 0) is 18.6 Å². The molecule has 0 saturated carbocycles. The van der Waals surface area contributed by atoms with Gasteiger partial charge < -0.3 is 9.84 Å². The minimum absolute atomic E-state index is 0.662. The maximum Gasteiger partial charge on any atom is 0.225 e. The Hall–Kier alpha value is -1.77. The van der Waals surface area contributed by atoms with E-state index in [-0.39, 0.29) is 0 Å². The molecule has 0 atom stereocenters. The van der Waals surface area contributed by atoms with Crippen LogP contribution in [0.1, 0.15) is 5.56 Å². The van der Waals surface area contributed by atoms with Gasteiger partial charge in [0.15, 0.2) is 0 Å². The predicted octanol–water partition coefficient (Wildman–Crippen LogP) is 2.57. The Bertz CT molecular complexity index is 434. The molecule has 1 aromatic carbocycles. The summed E-state index contributed by atoms with van der Waals surface area (Å²) in [6, 6.07) is 9.70. The van der Waals surface area contributed by atoms with Crippen molar-refractivity contribution in [1.82, 2.24) is 5.16 Å². The third kappa shape index (κ3) is 1.62. The molecule has 1 heterocycles. The molecule has 14 heavy (non-hydrogen) atoms. The van der Waals surface area contributed by atoms with Crippen LogP contribution in [0.5, 0.6) is 0 Å². The molecule has 2 aromatic rings. The Morgan fingerprint density at radius 2 is 2.21 bits per heavy atom. The lowest BCUT2D eigenvalue weighted by atomic mass is 10.1. The third-order valence-corrected chi connectivity index (χ3v) is 1.98. The van der Waals surface area contributed by atoms with Gasteiger partial charge in [0.1, 0.15) is 5.69 Å². The molecule has 3 nitrogen and oxygen atoms in total. The van der Waals surface area contributed by atoms with Gasteiger partial charge in [0.2, 0.25) is 5.88 Å². The molecule has 0 bridgehead atoms. The van der Waals surface area contributed by atoms with Crippen LogP contribution in [0.3, 0.4) is 0 Å². The van der Waals surface area contributed by atoms with Crippen LogP contribution in [0.15, 0.2) is 34.9 Å². The number of rotatable bonds is 2. The predicted molar refractivity (Wildman–Crippen MR) is 55.9 cm³/mol. The molecule has 2 rings (SSSR count). The van der Waals surface area contributed by atoms with Crippen molar-refractivity contribution in [3.63, 3.8) is 0 Å². The van der Waals surface area contributed by atoms with Crippen LogP contribution in [-0.2, 0) is 0 Å². The monoisotopic (exact) mass is 187 g/mol. The van der Waals surface area contributed by atoms with Gasteiger partial charge in [-0.1, -0.05) is 23.4 Å². The molecule has 0 aliphatic rings. The number of nitrogens with one attached hydrogen (secondary N) is 1. The van der Waals surface area contributed by atoms with E-state index in [2.05, 4.69) is 17.4 Å². The maximum absolute atomic E-state index is 5.03. The van der Waals surface area contributed by atoms with Crippen molar-refractivity contribution in [2.24, 2.45) is 0 Å². The Labute approximate surface area is 82.7 Å². The first-order valence-electron chi connectivity index (χ1n) is 4.36. The normalized spacial score (nSPS) is 10.1. The average molecular weight is 187 g/mol. The number of nitrogens with zero attached hydrogens (tertiary/aromatic N) is 1. The number of hydrogen-bond donors (Lipinski definition) is 1. The first-order chi connectivity index (χ1) is 6.79. The Morgan fingerprint density at radius 1 is 1.36 bits per heavy atom. The molecule has 71 valence electrons. The van der Waals surface area contributed by atoms with E-state index in [0.29, 0.717) is 5.88 Å². The fraction of sp³-hybridized carbons (Fsp3) is 0.0909. The van der Waals surface area contributed by atoms with E-state index in [1.54, 1.807) is 7.05 Å². The Balaban J connectivity index is 2.39. The minimum Gasteiger partial charge on any atom is -0.357 e. The molecular weight excluding hydrogens is 176 g/mol. The fourth-order valence-electron chi connectivity index (χ4n) is 1.26. The summed E-state index contributed by atoms with van der Waals surface area (Å²) >= 11 is 0. The summed E-state index contributed by atoms with van der Waals surface area (Å²) in [5.41, 5.74) is 2.80. The zero-order valence-corrected chi connectivity index (χ0v) is 7.95. The van der Waals surface area contributed by atoms with Crippen LogP contribution in [0.4, 0.5) is 5.88 Å². The third-order valence-electron chi connectivity index (χ3n) is 1.98. The molecule has 1 aromatic heterocycles. The second-order valence-corrected chi connectivity index (χ2v) is 3.03. The number of benzene rings is 1. The van der Waals surface area contributed by atoms with E-state index in [1.165, 1.54) is 0 Å². The summed E-state index contributed by atoms with van der Waals surface area (Å²) in [6.07, 6.45) is 0. The quantitative estimate of drug-likeness (QED) is 0.785. The lowest BCUT2D eigenvalue weighted by molar-refractivity contribution is 0.436. The smallest absolute Gasteiger partial charge is 0.225 e. The Morgan fingerprint density at radius 3 is 2.86 bits per heavy atom. The SMILES string of the molecule is [CH2]c1cccc(-c2cc(NC)on2)c1. The summed E-state index contributed by atoms with van der Waals surface area (Å²) < 4.78 is 5.03. The summed E-state index contributed by atoms with van der Waals surface area (Å²) in [4.78, 5) is 0. The second kappa shape index (κ2) is 3.54. The topological polar surface area (TPSA) is 38.1 Å². The van der Waals surface area contributed by atoms with Crippen molar-refractivity contribution >= 4 is 5.88 Å². The van der Waals surface area contributed by atoms with Crippen molar-refractivity contribution < 1.29 is 4.52 Å². The van der Waals surface area contributed by atoms with Gasteiger partial charge in [-0.15, -0.1) is 0 Å². The van der Waals surface area contributed by atoms with E-state index in [1.807, 2.05) is 30.3 Å². The van der Waals surface area contributed by atoms with Gasteiger partial charge in [-0.2, -0.15) is 0 Å². The fourth-order valence-corrected chi connectivity index (χ4v) is 1.26. The van der Waals surface area contributed by atoms with E-state index >= 15 is 0 Å². The van der Waals surface area contributed by atoms with Crippen LogP contribution >= 0.6 is 0 Å². The zero-order chi connectivity index (χ0) is 9.97. The molecule has 1 N–H and O–H groups in total. The van der Waals surface area contributed by atoms with E-state index in [0.717, 1.165) is 16.8 Å². The van der Waals surface area contributed by atoms with Crippen LogP contribution in [0.2, 0.25) is 0 Å². The highest BCUT2D eigenvalue weighted by molar-refractivity contribution is 5.62. The second-order valence-electron chi connectivity index (χ2n) is 3.03. The maximum atomic E-state index is 5.03. The molecule has 0 saturated heterocycles. The lowest BCUT2D eigenvalue weighted by Crippen LogP contribution is -1.82. The van der Waals surface area contributed by atoms with Crippen molar-refractivity contribution in [3.8, 4) is 11.3 Å². The van der Waals surface area contributed by atoms with Crippen molar-refractivity contribution in [3.05, 3.63) is 42.8 Å². The summed E-state index contributed by atoms with van der Waals surface area (Å²) in [6.45, 7) is 3.86. The first kappa shape index (κ1) is 8.81. The van der Waals surface area contributed by atoms with Gasteiger partial charge >= 0.3 is 0 Å². The average Bonchev–Trinajstić information content (AvgIpc) is 2.66. The highest BCUT2D eigenvalue weighted by Gasteiger charge is 2.04. The van der Waals surface area contributed by atoms with Crippen LogP contribution in [-0.4, -0.2) is 12.2 Å². The van der Waals surface area contributed by atoms with Crippen molar-refractivity contribution in [1.29, 1.82) is 0 Å². The summed E-state index contributed by atoms with van der Waals surface area (Å²) in [5, 5.41) is 6.82. The molecule has 0 unspecified atom stereocenters. The molecule has 3 heteroatoms. The van der Waals surface area contributed by atoms with Gasteiger partial charge in [0, 0.05) is 18.7 Å². The van der Waals surface area contributed by atoms with Crippen LogP contribution in [0, 0.1) is 6.92 Å². The summed E-state index contributed by atoms with van der Waals surface area (Å²) in [5.74, 6) is 0.662. The van der Waals surface area contributed by atoms with Crippen LogP contribution < -0.4 is 5.32 Å². The number of hydrogen-bond acceptors (Lipinski definition) is 3. The first-order valence-corrected chi connectivity index (χ1v) is 4.36. The number of anilines is 1. The molecule has 0 aliphatic carbocycles. The van der Waals surface area contributed by atoms with E-state index < -0.39 is 0 Å². The van der Waals surface area contributed by atoms with Gasteiger partial charge in [-0.3, -0.25) is 0 Å². The van der Waals surface area contributed by atoms with Crippen LogP contribution in [0.25, 0.3) is 11.3 Å². The van der Waals surface area contributed by atoms with Crippen molar-refractivity contribution in [2.45, 2.75) is 0 Å². The van der Waals surface area contributed by atoms with Gasteiger partial charge in [0.25, 0.3) is 0 Å². The highest BCUT2D eigenvalue weighted by atomic mass is 16.5. The molecule has 0 aliphatic heterocycles. The lowest BCUT2D eigenvalue weighted by Gasteiger charge is -1.95.